The average Bonchev–Trinajstić information content (AvgIpc) is 3.03. The predicted molar refractivity (Wildman–Crippen MR) is 110 cm³/mol. The lowest BCUT2D eigenvalue weighted by Gasteiger charge is -2.26. The van der Waals surface area contributed by atoms with E-state index in [4.69, 9.17) is 9.47 Å². The van der Waals surface area contributed by atoms with Crippen molar-refractivity contribution in [3.05, 3.63) is 35.7 Å². The van der Waals surface area contributed by atoms with E-state index in [1.807, 2.05) is 0 Å². The predicted octanol–water partition coefficient (Wildman–Crippen LogP) is 2.78. The van der Waals surface area contributed by atoms with Gasteiger partial charge in [-0.15, -0.1) is 0 Å². The summed E-state index contributed by atoms with van der Waals surface area (Å²) in [6.45, 7) is 3.09. The fraction of sp³-hybridized carbons (Fsp3) is 0.450. The molecular formula is C20H27N3O5S. The van der Waals surface area contributed by atoms with Gasteiger partial charge in [-0.3, -0.25) is 9.52 Å². The molecule has 0 unspecified atom stereocenters. The molecule has 0 bridgehead atoms. The summed E-state index contributed by atoms with van der Waals surface area (Å²) in [7, 11) is 0.782. The number of likely N-dealkylation sites (tertiary alicyclic amines) is 1. The van der Waals surface area contributed by atoms with Crippen LogP contribution in [0.15, 0.2) is 29.2 Å². The summed E-state index contributed by atoms with van der Waals surface area (Å²) in [4.78, 5) is 14.8. The second-order valence-electron chi connectivity index (χ2n) is 7.10. The zero-order valence-corrected chi connectivity index (χ0v) is 18.0. The number of sulfonamides is 1. The van der Waals surface area contributed by atoms with Crippen LogP contribution >= 0.6 is 0 Å². The van der Waals surface area contributed by atoms with E-state index >= 15 is 0 Å². The summed E-state index contributed by atoms with van der Waals surface area (Å²) in [6.07, 6.45) is 3.06. The van der Waals surface area contributed by atoms with E-state index in [1.54, 1.807) is 41.6 Å². The lowest BCUT2D eigenvalue weighted by molar-refractivity contribution is 0.0714. The molecule has 0 saturated carbocycles. The van der Waals surface area contributed by atoms with Gasteiger partial charge in [0.1, 0.15) is 22.1 Å². The first-order valence-corrected chi connectivity index (χ1v) is 11.0. The standard InChI is InChI=1S/C20H27N3O5S/c1-14-19(13-18(22(14)2)20(24)23-8-6-5-7-9-23)29(25,26)21-15-10-16(27-3)12-17(11-15)28-4/h10-13,21H,5-9H2,1-4H3. The number of carbonyl (C=O) groups is 1. The van der Waals surface area contributed by atoms with Crippen molar-refractivity contribution >= 4 is 21.6 Å². The number of piperidine rings is 1. The summed E-state index contributed by atoms with van der Waals surface area (Å²) < 4.78 is 40.7. The third kappa shape index (κ3) is 4.34. The number of ether oxygens (including phenoxy) is 2. The highest BCUT2D eigenvalue weighted by molar-refractivity contribution is 7.92. The largest absolute Gasteiger partial charge is 0.497 e. The highest BCUT2D eigenvalue weighted by Crippen LogP contribution is 2.29. The Morgan fingerprint density at radius 3 is 2.14 bits per heavy atom. The van der Waals surface area contributed by atoms with Crippen molar-refractivity contribution in [1.82, 2.24) is 9.47 Å². The van der Waals surface area contributed by atoms with Crippen molar-refractivity contribution < 1.29 is 22.7 Å². The van der Waals surface area contributed by atoms with Gasteiger partial charge < -0.3 is 18.9 Å². The smallest absolute Gasteiger partial charge is 0.270 e. The topological polar surface area (TPSA) is 89.9 Å². The molecule has 8 nitrogen and oxygen atoms in total. The third-order valence-electron chi connectivity index (χ3n) is 5.24. The summed E-state index contributed by atoms with van der Waals surface area (Å²) >= 11 is 0. The monoisotopic (exact) mass is 421 g/mol. The fourth-order valence-electron chi connectivity index (χ4n) is 3.48. The Kier molecular flexibility index (Phi) is 6.07. The van der Waals surface area contributed by atoms with E-state index in [1.165, 1.54) is 20.3 Å². The number of rotatable bonds is 6. The van der Waals surface area contributed by atoms with E-state index in [2.05, 4.69) is 4.72 Å². The molecule has 0 aliphatic carbocycles. The summed E-state index contributed by atoms with van der Waals surface area (Å²) in [5.74, 6) is 0.792. The van der Waals surface area contributed by atoms with Crippen LogP contribution in [0.3, 0.4) is 0 Å². The first kappa shape index (κ1) is 21.0. The molecule has 3 rings (SSSR count). The van der Waals surface area contributed by atoms with Crippen LogP contribution in [0.5, 0.6) is 11.5 Å². The zero-order chi connectivity index (χ0) is 21.2. The lowest BCUT2D eigenvalue weighted by atomic mass is 10.1. The van der Waals surface area contributed by atoms with E-state index < -0.39 is 10.0 Å². The molecule has 0 atom stereocenters. The van der Waals surface area contributed by atoms with E-state index in [9.17, 15) is 13.2 Å². The maximum Gasteiger partial charge on any atom is 0.270 e. The van der Waals surface area contributed by atoms with Gasteiger partial charge in [-0.2, -0.15) is 0 Å². The van der Waals surface area contributed by atoms with Crippen LogP contribution in [0.25, 0.3) is 0 Å². The number of methoxy groups -OCH3 is 2. The maximum atomic E-state index is 13.1. The minimum atomic E-state index is -3.91. The van der Waals surface area contributed by atoms with Gasteiger partial charge >= 0.3 is 0 Å². The van der Waals surface area contributed by atoms with Crippen LogP contribution in [0.2, 0.25) is 0 Å². The Bertz CT molecular complexity index is 985. The Hall–Kier alpha value is -2.68. The lowest BCUT2D eigenvalue weighted by Crippen LogP contribution is -2.36. The van der Waals surface area contributed by atoms with Gasteiger partial charge in [0.2, 0.25) is 0 Å². The van der Waals surface area contributed by atoms with Crippen LogP contribution in [0, 0.1) is 6.92 Å². The first-order chi connectivity index (χ1) is 13.8. The number of hydrogen-bond acceptors (Lipinski definition) is 5. The van der Waals surface area contributed by atoms with Gasteiger partial charge in [0.15, 0.2) is 0 Å². The molecule has 9 heteroatoms. The van der Waals surface area contributed by atoms with Gasteiger partial charge in [-0.1, -0.05) is 0 Å². The number of benzene rings is 1. The maximum absolute atomic E-state index is 13.1. The number of amides is 1. The minimum absolute atomic E-state index is 0.0714. The van der Waals surface area contributed by atoms with Crippen molar-refractivity contribution in [2.24, 2.45) is 7.05 Å². The number of carbonyl (C=O) groups excluding carboxylic acids is 1. The molecule has 1 aliphatic rings. The van der Waals surface area contributed by atoms with Crippen molar-refractivity contribution in [3.63, 3.8) is 0 Å². The summed E-state index contributed by atoms with van der Waals surface area (Å²) in [5.41, 5.74) is 1.18. The van der Waals surface area contributed by atoms with Gasteiger partial charge in [0, 0.05) is 44.0 Å². The van der Waals surface area contributed by atoms with Crippen molar-refractivity contribution in [2.45, 2.75) is 31.1 Å². The number of hydrogen-bond donors (Lipinski definition) is 1. The molecule has 2 aromatic rings. The first-order valence-electron chi connectivity index (χ1n) is 9.48. The van der Waals surface area contributed by atoms with Crippen molar-refractivity contribution in [2.75, 3.05) is 32.0 Å². The Labute approximate surface area is 171 Å². The van der Waals surface area contributed by atoms with Gasteiger partial charge in [0.05, 0.1) is 19.9 Å². The molecule has 1 aromatic carbocycles. The SMILES string of the molecule is COc1cc(NS(=O)(=O)c2cc(C(=O)N3CCCCC3)n(C)c2C)cc(OC)c1. The quantitative estimate of drug-likeness (QED) is 0.775. The number of nitrogens with zero attached hydrogens (tertiary/aromatic N) is 2. The molecule has 2 heterocycles. The van der Waals surface area contributed by atoms with E-state index in [0.29, 0.717) is 41.7 Å². The molecule has 1 amide bonds. The number of nitrogens with one attached hydrogen (secondary N) is 1. The summed E-state index contributed by atoms with van der Waals surface area (Å²) in [6, 6.07) is 6.24. The molecule has 0 spiro atoms. The number of anilines is 1. The van der Waals surface area contributed by atoms with Gasteiger partial charge in [0.25, 0.3) is 15.9 Å². The molecule has 1 saturated heterocycles. The van der Waals surface area contributed by atoms with Crippen LogP contribution in [-0.4, -0.2) is 51.1 Å². The second-order valence-corrected chi connectivity index (χ2v) is 8.75. The normalized spacial score (nSPS) is 14.6. The van der Waals surface area contributed by atoms with Gasteiger partial charge in [-0.05, 0) is 32.3 Å². The second kappa shape index (κ2) is 8.36. The molecule has 1 aromatic heterocycles. The Morgan fingerprint density at radius 1 is 1.00 bits per heavy atom. The van der Waals surface area contributed by atoms with Crippen LogP contribution in [0.1, 0.15) is 35.4 Å². The zero-order valence-electron chi connectivity index (χ0n) is 17.2. The molecule has 0 radical (unpaired) electrons. The van der Waals surface area contributed by atoms with Gasteiger partial charge in [-0.25, -0.2) is 8.42 Å². The van der Waals surface area contributed by atoms with E-state index in [-0.39, 0.29) is 10.8 Å². The highest BCUT2D eigenvalue weighted by Gasteiger charge is 2.27. The van der Waals surface area contributed by atoms with Crippen molar-refractivity contribution in [1.29, 1.82) is 0 Å². The van der Waals surface area contributed by atoms with Crippen LogP contribution < -0.4 is 14.2 Å². The third-order valence-corrected chi connectivity index (χ3v) is 6.74. The Morgan fingerprint density at radius 2 is 1.59 bits per heavy atom. The molecule has 1 aliphatic heterocycles. The Balaban J connectivity index is 1.92. The van der Waals surface area contributed by atoms with Crippen molar-refractivity contribution in [3.8, 4) is 11.5 Å². The molecule has 1 fully saturated rings. The average molecular weight is 422 g/mol. The van der Waals surface area contributed by atoms with E-state index in [0.717, 1.165) is 19.3 Å². The molecule has 158 valence electrons. The summed E-state index contributed by atoms with van der Waals surface area (Å²) in [5, 5.41) is 0. The molecular weight excluding hydrogens is 394 g/mol. The highest BCUT2D eigenvalue weighted by atomic mass is 32.2. The molecule has 1 N–H and O–H groups in total. The van der Waals surface area contributed by atoms with Crippen LogP contribution in [0.4, 0.5) is 5.69 Å². The molecule has 29 heavy (non-hydrogen) atoms. The fourth-order valence-corrected chi connectivity index (χ4v) is 4.81. The minimum Gasteiger partial charge on any atom is -0.497 e. The van der Waals surface area contributed by atoms with Crippen LogP contribution in [-0.2, 0) is 17.1 Å². The number of aromatic nitrogens is 1.